The second-order valence-electron chi connectivity index (χ2n) is 5.30. The molecule has 3 nitrogen and oxygen atoms in total. The lowest BCUT2D eigenvalue weighted by atomic mass is 10.1. The maximum absolute atomic E-state index is 13.1. The molecule has 0 aliphatic rings. The molecule has 0 saturated heterocycles. The third-order valence-electron chi connectivity index (χ3n) is 3.42. The minimum absolute atomic E-state index is 0.240. The van der Waals surface area contributed by atoms with Crippen molar-refractivity contribution in [3.05, 3.63) is 41.0 Å². The molecule has 0 aliphatic carbocycles. The molecule has 0 saturated carbocycles. The number of halogens is 3. The van der Waals surface area contributed by atoms with Gasteiger partial charge in [0.05, 0.1) is 5.69 Å². The average Bonchev–Trinajstić information content (AvgIpc) is 2.55. The molecule has 1 N–H and O–H groups in total. The summed E-state index contributed by atoms with van der Waals surface area (Å²) in [6, 6.07) is 8.24. The number of alkyl halides is 2. The molecule has 0 bridgehead atoms. The zero-order valence-corrected chi connectivity index (χ0v) is 13.8. The first-order valence-electron chi connectivity index (χ1n) is 7.77. The second-order valence-corrected chi connectivity index (χ2v) is 5.73. The highest BCUT2D eigenvalue weighted by atomic mass is 35.5. The van der Waals surface area contributed by atoms with Crippen LogP contribution < -0.4 is 5.32 Å². The van der Waals surface area contributed by atoms with Crippen LogP contribution in [0.1, 0.15) is 44.7 Å². The molecule has 0 spiro atoms. The molecule has 124 valence electrons. The van der Waals surface area contributed by atoms with Crippen LogP contribution in [-0.2, 0) is 0 Å². The number of benzene rings is 1. The lowest BCUT2D eigenvalue weighted by Crippen LogP contribution is -2.08. The van der Waals surface area contributed by atoms with Gasteiger partial charge in [-0.1, -0.05) is 49.9 Å². The largest absolute Gasteiger partial charge is 0.354 e. The van der Waals surface area contributed by atoms with Gasteiger partial charge in [0.25, 0.3) is 6.43 Å². The van der Waals surface area contributed by atoms with Gasteiger partial charge in [-0.25, -0.2) is 18.7 Å². The highest BCUT2D eigenvalue weighted by molar-refractivity contribution is 6.30. The van der Waals surface area contributed by atoms with Crippen LogP contribution in [0.5, 0.6) is 0 Å². The summed E-state index contributed by atoms with van der Waals surface area (Å²) in [6.07, 6.45) is 1.74. The summed E-state index contributed by atoms with van der Waals surface area (Å²) >= 11 is 5.86. The summed E-state index contributed by atoms with van der Waals surface area (Å²) in [6.45, 7) is 2.81. The first-order chi connectivity index (χ1) is 11.1. The lowest BCUT2D eigenvalue weighted by molar-refractivity contribution is 0.146. The van der Waals surface area contributed by atoms with Crippen molar-refractivity contribution in [1.29, 1.82) is 0 Å². The van der Waals surface area contributed by atoms with Gasteiger partial charge in [-0.05, 0) is 24.6 Å². The standard InChI is InChI=1S/C17H20ClF2N3/c1-2-3-4-5-10-21-17-22-14(11-15(23-17)16(19)20)12-6-8-13(18)9-7-12/h6-9,11,16H,2-5,10H2,1H3,(H,21,22,23). The summed E-state index contributed by atoms with van der Waals surface area (Å²) in [5.41, 5.74) is 0.914. The number of anilines is 1. The molecule has 2 rings (SSSR count). The predicted molar refractivity (Wildman–Crippen MR) is 90.1 cm³/mol. The average molecular weight is 340 g/mol. The molecule has 0 radical (unpaired) electrons. The molecule has 1 heterocycles. The smallest absolute Gasteiger partial charge is 0.280 e. The number of hydrogen-bond donors (Lipinski definition) is 1. The third kappa shape index (κ3) is 5.43. The molecule has 23 heavy (non-hydrogen) atoms. The van der Waals surface area contributed by atoms with Crippen LogP contribution in [0.2, 0.25) is 5.02 Å². The van der Waals surface area contributed by atoms with E-state index < -0.39 is 6.43 Å². The summed E-state index contributed by atoms with van der Waals surface area (Å²) in [5.74, 6) is 0.240. The van der Waals surface area contributed by atoms with E-state index in [1.165, 1.54) is 6.07 Å². The first kappa shape index (κ1) is 17.6. The Kier molecular flexibility index (Phi) is 6.71. The van der Waals surface area contributed by atoms with Crippen molar-refractivity contribution in [2.75, 3.05) is 11.9 Å². The normalized spacial score (nSPS) is 11.0. The molecule has 0 unspecified atom stereocenters. The number of nitrogens with zero attached hydrogens (tertiary/aromatic N) is 2. The SMILES string of the molecule is CCCCCCNc1nc(-c2ccc(Cl)cc2)cc(C(F)F)n1. The van der Waals surface area contributed by atoms with Gasteiger partial charge < -0.3 is 5.32 Å². The Morgan fingerprint density at radius 1 is 1.09 bits per heavy atom. The Morgan fingerprint density at radius 2 is 1.83 bits per heavy atom. The maximum atomic E-state index is 13.1. The second kappa shape index (κ2) is 8.77. The van der Waals surface area contributed by atoms with Crippen LogP contribution in [0, 0.1) is 0 Å². The first-order valence-corrected chi connectivity index (χ1v) is 8.15. The monoisotopic (exact) mass is 339 g/mol. The van der Waals surface area contributed by atoms with Gasteiger partial charge >= 0.3 is 0 Å². The van der Waals surface area contributed by atoms with Gasteiger partial charge in [-0.2, -0.15) is 0 Å². The Bertz CT molecular complexity index is 618. The quantitative estimate of drug-likeness (QED) is 0.624. The topological polar surface area (TPSA) is 37.8 Å². The van der Waals surface area contributed by atoms with E-state index in [2.05, 4.69) is 22.2 Å². The van der Waals surface area contributed by atoms with Crippen LogP contribution >= 0.6 is 11.6 Å². The van der Waals surface area contributed by atoms with Crippen LogP contribution in [-0.4, -0.2) is 16.5 Å². The molecule has 2 aromatic rings. The van der Waals surface area contributed by atoms with E-state index in [4.69, 9.17) is 11.6 Å². The van der Waals surface area contributed by atoms with Gasteiger partial charge in [0, 0.05) is 17.1 Å². The summed E-state index contributed by atoms with van der Waals surface area (Å²) in [4.78, 5) is 8.23. The number of unbranched alkanes of at least 4 members (excludes halogenated alkanes) is 3. The molecule has 1 aromatic heterocycles. The fourth-order valence-corrected chi connectivity index (χ4v) is 2.30. The van der Waals surface area contributed by atoms with Crippen molar-refractivity contribution in [3.63, 3.8) is 0 Å². The number of aromatic nitrogens is 2. The van der Waals surface area contributed by atoms with Gasteiger partial charge in [0.15, 0.2) is 0 Å². The number of rotatable bonds is 8. The van der Waals surface area contributed by atoms with Crippen molar-refractivity contribution in [2.45, 2.75) is 39.0 Å². The molecular formula is C17H20ClF2N3. The Hall–Kier alpha value is -1.75. The van der Waals surface area contributed by atoms with Crippen LogP contribution in [0.15, 0.2) is 30.3 Å². The van der Waals surface area contributed by atoms with E-state index >= 15 is 0 Å². The number of nitrogens with one attached hydrogen (secondary N) is 1. The van der Waals surface area contributed by atoms with Crippen molar-refractivity contribution in [1.82, 2.24) is 9.97 Å². The zero-order chi connectivity index (χ0) is 16.7. The van der Waals surface area contributed by atoms with Crippen molar-refractivity contribution < 1.29 is 8.78 Å². The van der Waals surface area contributed by atoms with Gasteiger partial charge in [0.1, 0.15) is 5.69 Å². The third-order valence-corrected chi connectivity index (χ3v) is 3.67. The summed E-state index contributed by atoms with van der Waals surface area (Å²) < 4.78 is 26.1. The van der Waals surface area contributed by atoms with E-state index in [1.807, 2.05) is 0 Å². The minimum atomic E-state index is -2.63. The molecule has 0 aliphatic heterocycles. The molecule has 0 fully saturated rings. The Morgan fingerprint density at radius 3 is 2.48 bits per heavy atom. The molecular weight excluding hydrogens is 320 g/mol. The zero-order valence-electron chi connectivity index (χ0n) is 13.0. The van der Waals surface area contributed by atoms with Crippen molar-refractivity contribution >= 4 is 17.5 Å². The highest BCUT2D eigenvalue weighted by Gasteiger charge is 2.14. The maximum Gasteiger partial charge on any atom is 0.280 e. The minimum Gasteiger partial charge on any atom is -0.354 e. The lowest BCUT2D eigenvalue weighted by Gasteiger charge is -2.10. The molecule has 0 amide bonds. The van der Waals surface area contributed by atoms with Crippen LogP contribution in [0.4, 0.5) is 14.7 Å². The summed E-state index contributed by atoms with van der Waals surface area (Å²) in [5, 5.41) is 3.63. The Balaban J connectivity index is 2.16. The highest BCUT2D eigenvalue weighted by Crippen LogP contribution is 2.25. The van der Waals surface area contributed by atoms with E-state index in [1.54, 1.807) is 24.3 Å². The molecule has 0 atom stereocenters. The molecule has 1 aromatic carbocycles. The van der Waals surface area contributed by atoms with Crippen LogP contribution in [0.3, 0.4) is 0 Å². The van der Waals surface area contributed by atoms with E-state index in [-0.39, 0.29) is 11.6 Å². The van der Waals surface area contributed by atoms with E-state index in [0.717, 1.165) is 31.2 Å². The van der Waals surface area contributed by atoms with E-state index in [9.17, 15) is 8.78 Å². The molecule has 6 heteroatoms. The fourth-order valence-electron chi connectivity index (χ4n) is 2.18. The van der Waals surface area contributed by atoms with E-state index in [0.29, 0.717) is 17.3 Å². The van der Waals surface area contributed by atoms with Crippen LogP contribution in [0.25, 0.3) is 11.3 Å². The predicted octanol–water partition coefficient (Wildman–Crippen LogP) is 5.73. The van der Waals surface area contributed by atoms with Crippen molar-refractivity contribution in [2.24, 2.45) is 0 Å². The van der Waals surface area contributed by atoms with Gasteiger partial charge in [-0.15, -0.1) is 0 Å². The fraction of sp³-hybridized carbons (Fsp3) is 0.412. The van der Waals surface area contributed by atoms with Gasteiger partial charge in [-0.3, -0.25) is 0 Å². The Labute approximate surface area is 140 Å². The van der Waals surface area contributed by atoms with Crippen molar-refractivity contribution in [3.8, 4) is 11.3 Å². The van der Waals surface area contributed by atoms with Gasteiger partial charge in [0.2, 0.25) is 5.95 Å². The summed E-state index contributed by atoms with van der Waals surface area (Å²) in [7, 11) is 0. The number of hydrogen-bond acceptors (Lipinski definition) is 3.